The van der Waals surface area contributed by atoms with E-state index in [2.05, 4.69) is 31.9 Å². The Bertz CT molecular complexity index is 1140. The molecule has 0 aromatic heterocycles. The van der Waals surface area contributed by atoms with Crippen LogP contribution in [0, 0.1) is 0 Å². The molecule has 162 valence electrons. The molecule has 0 radical (unpaired) electrons. The Morgan fingerprint density at radius 3 is 1.66 bits per heavy atom. The lowest BCUT2D eigenvalue weighted by Gasteiger charge is -2.27. The molecule has 8 heteroatoms. The first-order chi connectivity index (χ1) is 15.4. The van der Waals surface area contributed by atoms with Gasteiger partial charge in [-0.15, -0.1) is 0 Å². The average molecular weight is 558 g/mol. The van der Waals surface area contributed by atoms with Gasteiger partial charge in [0, 0.05) is 14.5 Å². The van der Waals surface area contributed by atoms with E-state index in [9.17, 15) is 9.59 Å². The summed E-state index contributed by atoms with van der Waals surface area (Å²) in [7, 11) is 3.05. The van der Waals surface area contributed by atoms with Crippen LogP contribution >= 0.6 is 31.9 Å². The number of methoxy groups -OCH3 is 2. The quantitative estimate of drug-likeness (QED) is 0.302. The standard InChI is InChI=1S/C24H18Br2N2O4/c1-31-21-5-3-4-15(22(21)32-2)14-20-23(29)27(18-10-6-16(25)7-11-18)28(24(20)30)19-12-8-17(26)9-13-19/h3-14H,1-2H3. The molecule has 2 amide bonds. The second-order valence-electron chi connectivity index (χ2n) is 6.83. The average Bonchev–Trinajstić information content (AvgIpc) is 3.04. The summed E-state index contributed by atoms with van der Waals surface area (Å²) in [5.74, 6) is 0.0740. The molecule has 1 fully saturated rings. The number of carbonyl (C=O) groups excluding carboxylic acids is 2. The van der Waals surface area contributed by atoms with Crippen LogP contribution in [0.1, 0.15) is 5.56 Å². The van der Waals surface area contributed by atoms with Crippen LogP contribution < -0.4 is 19.5 Å². The highest BCUT2D eigenvalue weighted by atomic mass is 79.9. The van der Waals surface area contributed by atoms with Crippen LogP contribution in [0.15, 0.2) is 81.2 Å². The zero-order chi connectivity index (χ0) is 22.8. The molecule has 1 aliphatic rings. The van der Waals surface area contributed by atoms with Gasteiger partial charge in [0.1, 0.15) is 5.57 Å². The Labute approximate surface area is 202 Å². The molecule has 1 aliphatic heterocycles. The minimum atomic E-state index is -0.440. The van der Waals surface area contributed by atoms with E-state index in [1.165, 1.54) is 30.3 Å². The fourth-order valence-electron chi connectivity index (χ4n) is 3.44. The zero-order valence-corrected chi connectivity index (χ0v) is 20.4. The van der Waals surface area contributed by atoms with E-state index in [1.54, 1.807) is 42.5 Å². The summed E-state index contributed by atoms with van der Waals surface area (Å²) in [6.45, 7) is 0. The highest BCUT2D eigenvalue weighted by Gasteiger charge is 2.43. The number of anilines is 2. The number of rotatable bonds is 5. The van der Waals surface area contributed by atoms with Crippen LogP contribution in [0.5, 0.6) is 11.5 Å². The molecule has 6 nitrogen and oxygen atoms in total. The Kier molecular flexibility index (Phi) is 6.34. The number of benzene rings is 3. The fraction of sp³-hybridized carbons (Fsp3) is 0.0833. The molecule has 3 aromatic rings. The van der Waals surface area contributed by atoms with Crippen LogP contribution in [0.4, 0.5) is 11.4 Å². The van der Waals surface area contributed by atoms with Gasteiger partial charge in [-0.25, -0.2) is 10.0 Å². The summed E-state index contributed by atoms with van der Waals surface area (Å²) in [6, 6.07) is 19.7. The van der Waals surface area contributed by atoms with E-state index in [0.717, 1.165) is 8.95 Å². The van der Waals surface area contributed by atoms with Crippen molar-refractivity contribution in [3.05, 3.63) is 86.8 Å². The lowest BCUT2D eigenvalue weighted by atomic mass is 10.1. The van der Waals surface area contributed by atoms with Crippen LogP contribution in [-0.2, 0) is 9.59 Å². The molecule has 0 aliphatic carbocycles. The van der Waals surface area contributed by atoms with Gasteiger partial charge in [0.05, 0.1) is 25.6 Å². The highest BCUT2D eigenvalue weighted by Crippen LogP contribution is 2.36. The van der Waals surface area contributed by atoms with Crippen molar-refractivity contribution in [2.45, 2.75) is 0 Å². The SMILES string of the molecule is COc1cccc(C=C2C(=O)N(c3ccc(Br)cc3)N(c3ccc(Br)cc3)C2=O)c1OC. The molecular formula is C24H18Br2N2O4. The summed E-state index contributed by atoms with van der Waals surface area (Å²) in [5.41, 5.74) is 1.71. The third-order valence-electron chi connectivity index (χ3n) is 4.92. The Balaban J connectivity index is 1.86. The molecule has 4 rings (SSSR count). The Hall–Kier alpha value is -3.10. The minimum Gasteiger partial charge on any atom is -0.493 e. The largest absolute Gasteiger partial charge is 0.493 e. The van der Waals surface area contributed by atoms with Crippen LogP contribution in [0.3, 0.4) is 0 Å². The van der Waals surface area contributed by atoms with E-state index in [1.807, 2.05) is 24.3 Å². The first-order valence-corrected chi connectivity index (χ1v) is 11.2. The third-order valence-corrected chi connectivity index (χ3v) is 5.98. The molecule has 0 atom stereocenters. The van der Waals surface area contributed by atoms with Gasteiger partial charge in [-0.2, -0.15) is 0 Å². The predicted molar refractivity (Wildman–Crippen MR) is 131 cm³/mol. The van der Waals surface area contributed by atoms with E-state index >= 15 is 0 Å². The van der Waals surface area contributed by atoms with Gasteiger partial charge in [-0.3, -0.25) is 9.59 Å². The molecular weight excluding hydrogens is 540 g/mol. The van der Waals surface area contributed by atoms with Gasteiger partial charge in [0.15, 0.2) is 11.5 Å². The minimum absolute atomic E-state index is 0.0161. The predicted octanol–water partition coefficient (Wildman–Crippen LogP) is 5.61. The first kappa shape index (κ1) is 22.1. The number of halogens is 2. The van der Waals surface area contributed by atoms with Crippen molar-refractivity contribution in [1.29, 1.82) is 0 Å². The monoisotopic (exact) mass is 556 g/mol. The Morgan fingerprint density at radius 2 is 1.22 bits per heavy atom. The number of hydrazine groups is 1. The summed E-state index contributed by atoms with van der Waals surface area (Å²) in [4.78, 5) is 27.0. The van der Waals surface area contributed by atoms with Gasteiger partial charge in [-0.05, 0) is 60.7 Å². The Morgan fingerprint density at radius 1 is 0.719 bits per heavy atom. The lowest BCUT2D eigenvalue weighted by molar-refractivity contribution is -0.116. The second-order valence-corrected chi connectivity index (χ2v) is 8.66. The van der Waals surface area contributed by atoms with E-state index in [0.29, 0.717) is 28.4 Å². The first-order valence-electron chi connectivity index (χ1n) is 9.57. The maximum atomic E-state index is 13.5. The van der Waals surface area contributed by atoms with E-state index in [4.69, 9.17) is 9.47 Å². The van der Waals surface area contributed by atoms with Crippen LogP contribution in [0.2, 0.25) is 0 Å². The molecule has 0 unspecified atom stereocenters. The maximum absolute atomic E-state index is 13.5. The van der Waals surface area contributed by atoms with Crippen LogP contribution in [0.25, 0.3) is 6.08 Å². The third kappa shape index (κ3) is 4.03. The number of hydrogen-bond donors (Lipinski definition) is 0. The number of para-hydroxylation sites is 1. The molecule has 1 heterocycles. The number of hydrogen-bond acceptors (Lipinski definition) is 4. The zero-order valence-electron chi connectivity index (χ0n) is 17.2. The van der Waals surface area contributed by atoms with Crippen molar-refractivity contribution in [3.63, 3.8) is 0 Å². The lowest BCUT2D eigenvalue weighted by Crippen LogP contribution is -2.41. The van der Waals surface area contributed by atoms with Crippen LogP contribution in [-0.4, -0.2) is 26.0 Å². The van der Waals surface area contributed by atoms with Crippen molar-refractivity contribution in [3.8, 4) is 11.5 Å². The summed E-state index contributed by atoms with van der Waals surface area (Å²) in [6.07, 6.45) is 1.54. The molecule has 0 N–H and O–H groups in total. The molecule has 3 aromatic carbocycles. The van der Waals surface area contributed by atoms with Crippen molar-refractivity contribution in [1.82, 2.24) is 0 Å². The van der Waals surface area contributed by atoms with Crippen molar-refractivity contribution >= 4 is 61.1 Å². The normalized spacial score (nSPS) is 13.6. The topological polar surface area (TPSA) is 59.1 Å². The van der Waals surface area contributed by atoms with Crippen molar-refractivity contribution < 1.29 is 19.1 Å². The summed E-state index contributed by atoms with van der Waals surface area (Å²) >= 11 is 6.82. The van der Waals surface area contributed by atoms with Gasteiger partial charge in [0.2, 0.25) is 0 Å². The maximum Gasteiger partial charge on any atom is 0.283 e. The number of amides is 2. The molecule has 1 saturated heterocycles. The van der Waals surface area contributed by atoms with Gasteiger partial charge < -0.3 is 9.47 Å². The van der Waals surface area contributed by atoms with E-state index < -0.39 is 11.8 Å². The fourth-order valence-corrected chi connectivity index (χ4v) is 3.96. The number of nitrogens with zero attached hydrogens (tertiary/aromatic N) is 2. The highest BCUT2D eigenvalue weighted by molar-refractivity contribution is 9.10. The van der Waals surface area contributed by atoms with Gasteiger partial charge >= 0.3 is 0 Å². The number of carbonyl (C=O) groups is 2. The summed E-state index contributed by atoms with van der Waals surface area (Å²) < 4.78 is 12.5. The second kappa shape index (κ2) is 9.18. The smallest absolute Gasteiger partial charge is 0.283 e. The number of ether oxygens (including phenoxy) is 2. The molecule has 32 heavy (non-hydrogen) atoms. The van der Waals surface area contributed by atoms with E-state index in [-0.39, 0.29) is 5.57 Å². The van der Waals surface area contributed by atoms with Crippen molar-refractivity contribution in [2.24, 2.45) is 0 Å². The summed E-state index contributed by atoms with van der Waals surface area (Å²) in [5, 5.41) is 2.74. The molecule has 0 saturated carbocycles. The van der Waals surface area contributed by atoms with Crippen molar-refractivity contribution in [2.75, 3.05) is 24.2 Å². The van der Waals surface area contributed by atoms with Gasteiger partial charge in [-0.1, -0.05) is 44.0 Å². The molecule has 0 spiro atoms. The molecule has 0 bridgehead atoms. The van der Waals surface area contributed by atoms with Gasteiger partial charge in [0.25, 0.3) is 11.8 Å².